The average molecular weight is 155 g/mol. The van der Waals surface area contributed by atoms with Crippen molar-refractivity contribution >= 4 is 0 Å². The molecule has 0 amide bonds. The summed E-state index contributed by atoms with van der Waals surface area (Å²) in [4.78, 5) is 2.16. The Balaban J connectivity index is 2.05. The van der Waals surface area contributed by atoms with Gasteiger partial charge in [0.2, 0.25) is 0 Å². The molecule has 2 heteroatoms. The number of hydrogen-bond donors (Lipinski definition) is 1. The predicted molar refractivity (Wildman–Crippen MR) is 44.1 cm³/mol. The van der Waals surface area contributed by atoms with Crippen LogP contribution in [0.15, 0.2) is 0 Å². The summed E-state index contributed by atoms with van der Waals surface area (Å²) in [6.45, 7) is 0. The molecule has 0 aromatic rings. The molecule has 0 radical (unpaired) electrons. The number of nitrogens with zero attached hydrogens (tertiary/aromatic N) is 1. The molecule has 1 aliphatic heterocycles. The van der Waals surface area contributed by atoms with E-state index in [0.717, 1.165) is 12.3 Å². The van der Waals surface area contributed by atoms with E-state index in [-0.39, 0.29) is 6.23 Å². The fourth-order valence-electron chi connectivity index (χ4n) is 2.66. The molecule has 1 saturated heterocycles. The molecule has 0 aromatic carbocycles. The number of aliphatic hydroxyl groups is 1. The van der Waals surface area contributed by atoms with Crippen molar-refractivity contribution in [2.75, 3.05) is 7.05 Å². The molecule has 64 valence electrons. The van der Waals surface area contributed by atoms with Gasteiger partial charge in [-0.15, -0.1) is 0 Å². The van der Waals surface area contributed by atoms with Crippen molar-refractivity contribution in [3.05, 3.63) is 0 Å². The molecule has 3 atom stereocenters. The number of aliphatic hydroxyl groups excluding tert-OH is 1. The van der Waals surface area contributed by atoms with Crippen molar-refractivity contribution in [2.24, 2.45) is 5.92 Å². The lowest BCUT2D eigenvalue weighted by Gasteiger charge is -2.29. The second-order valence-electron chi connectivity index (χ2n) is 3.99. The highest BCUT2D eigenvalue weighted by Crippen LogP contribution is 2.37. The first-order valence-electron chi connectivity index (χ1n) is 4.69. The van der Waals surface area contributed by atoms with Crippen LogP contribution in [0.4, 0.5) is 0 Å². The van der Waals surface area contributed by atoms with Gasteiger partial charge in [-0.2, -0.15) is 0 Å². The topological polar surface area (TPSA) is 23.5 Å². The Kier molecular flexibility index (Phi) is 1.90. The lowest BCUT2D eigenvalue weighted by molar-refractivity contribution is 0.0341. The van der Waals surface area contributed by atoms with Gasteiger partial charge in [0.15, 0.2) is 0 Å². The van der Waals surface area contributed by atoms with Crippen molar-refractivity contribution in [3.63, 3.8) is 0 Å². The minimum absolute atomic E-state index is 0.150. The molecule has 11 heavy (non-hydrogen) atoms. The van der Waals surface area contributed by atoms with Gasteiger partial charge in [0, 0.05) is 6.04 Å². The van der Waals surface area contributed by atoms with Crippen LogP contribution in [0.5, 0.6) is 0 Å². The van der Waals surface area contributed by atoms with Crippen molar-refractivity contribution in [1.29, 1.82) is 0 Å². The summed E-state index contributed by atoms with van der Waals surface area (Å²) in [5.41, 5.74) is 0. The second-order valence-corrected chi connectivity index (χ2v) is 3.99. The quantitative estimate of drug-likeness (QED) is 0.568. The van der Waals surface area contributed by atoms with Gasteiger partial charge >= 0.3 is 0 Å². The molecule has 2 rings (SSSR count). The van der Waals surface area contributed by atoms with Gasteiger partial charge in [-0.05, 0) is 32.2 Å². The lowest BCUT2D eigenvalue weighted by atomic mass is 9.85. The molecule has 2 aliphatic rings. The summed E-state index contributed by atoms with van der Waals surface area (Å²) < 4.78 is 0. The summed E-state index contributed by atoms with van der Waals surface area (Å²) in [7, 11) is 2.06. The fourth-order valence-corrected chi connectivity index (χ4v) is 2.66. The average Bonchev–Trinajstić information content (AvgIpc) is 2.30. The third-order valence-electron chi connectivity index (χ3n) is 3.38. The molecule has 1 saturated carbocycles. The summed E-state index contributed by atoms with van der Waals surface area (Å²) in [5.74, 6) is 0.795. The largest absolute Gasteiger partial charge is 0.378 e. The van der Waals surface area contributed by atoms with Crippen LogP contribution in [0, 0.1) is 5.92 Å². The van der Waals surface area contributed by atoms with Crippen molar-refractivity contribution in [3.8, 4) is 0 Å². The molecular formula is C9H17NO. The third kappa shape index (κ3) is 1.18. The SMILES string of the molecule is CN1C(O)C[C@H]2CCCC[C@@H]21. The highest BCUT2D eigenvalue weighted by Gasteiger charge is 2.38. The van der Waals surface area contributed by atoms with Gasteiger partial charge in [0.25, 0.3) is 0 Å². The van der Waals surface area contributed by atoms with E-state index < -0.39 is 0 Å². The van der Waals surface area contributed by atoms with E-state index >= 15 is 0 Å². The van der Waals surface area contributed by atoms with Crippen LogP contribution in [0.3, 0.4) is 0 Å². The maximum atomic E-state index is 9.55. The van der Waals surface area contributed by atoms with E-state index in [2.05, 4.69) is 11.9 Å². The predicted octanol–water partition coefficient (Wildman–Crippen LogP) is 1.20. The Labute approximate surface area is 68.2 Å². The molecule has 0 bridgehead atoms. The molecular weight excluding hydrogens is 138 g/mol. The zero-order valence-corrected chi connectivity index (χ0v) is 7.16. The van der Waals surface area contributed by atoms with Crippen LogP contribution in [0.2, 0.25) is 0 Å². The fraction of sp³-hybridized carbons (Fsp3) is 1.00. The number of rotatable bonds is 0. The van der Waals surface area contributed by atoms with Gasteiger partial charge in [0.05, 0.1) is 0 Å². The number of hydrogen-bond acceptors (Lipinski definition) is 2. The zero-order chi connectivity index (χ0) is 7.84. The Morgan fingerprint density at radius 2 is 2.00 bits per heavy atom. The molecule has 1 N–H and O–H groups in total. The van der Waals surface area contributed by atoms with E-state index in [1.165, 1.54) is 25.7 Å². The summed E-state index contributed by atoms with van der Waals surface area (Å²) >= 11 is 0. The van der Waals surface area contributed by atoms with Gasteiger partial charge < -0.3 is 5.11 Å². The van der Waals surface area contributed by atoms with E-state index in [0.29, 0.717) is 6.04 Å². The first-order valence-corrected chi connectivity index (χ1v) is 4.69. The van der Waals surface area contributed by atoms with Crippen molar-refractivity contribution < 1.29 is 5.11 Å². The van der Waals surface area contributed by atoms with Gasteiger partial charge in [-0.1, -0.05) is 12.8 Å². The summed E-state index contributed by atoms with van der Waals surface area (Å²) in [5, 5.41) is 9.55. The maximum absolute atomic E-state index is 9.55. The third-order valence-corrected chi connectivity index (χ3v) is 3.38. The van der Waals surface area contributed by atoms with Crippen LogP contribution in [-0.4, -0.2) is 29.3 Å². The maximum Gasteiger partial charge on any atom is 0.107 e. The molecule has 1 unspecified atom stereocenters. The van der Waals surface area contributed by atoms with E-state index in [1.807, 2.05) is 0 Å². The monoisotopic (exact) mass is 155 g/mol. The number of fused-ring (bicyclic) bond motifs is 1. The van der Waals surface area contributed by atoms with E-state index in [4.69, 9.17) is 0 Å². The van der Waals surface area contributed by atoms with Gasteiger partial charge in [-0.3, -0.25) is 4.90 Å². The van der Waals surface area contributed by atoms with E-state index in [1.54, 1.807) is 0 Å². The van der Waals surface area contributed by atoms with Crippen LogP contribution >= 0.6 is 0 Å². The minimum Gasteiger partial charge on any atom is -0.378 e. The van der Waals surface area contributed by atoms with Crippen LogP contribution in [0.25, 0.3) is 0 Å². The Morgan fingerprint density at radius 1 is 1.27 bits per heavy atom. The van der Waals surface area contributed by atoms with Gasteiger partial charge in [0.1, 0.15) is 6.23 Å². The highest BCUT2D eigenvalue weighted by atomic mass is 16.3. The smallest absolute Gasteiger partial charge is 0.107 e. The summed E-state index contributed by atoms with van der Waals surface area (Å²) in [6.07, 6.45) is 6.24. The van der Waals surface area contributed by atoms with Crippen molar-refractivity contribution in [1.82, 2.24) is 4.90 Å². The lowest BCUT2D eigenvalue weighted by Crippen LogP contribution is -2.35. The zero-order valence-electron chi connectivity index (χ0n) is 7.16. The van der Waals surface area contributed by atoms with Gasteiger partial charge in [-0.25, -0.2) is 0 Å². The second kappa shape index (κ2) is 2.76. The highest BCUT2D eigenvalue weighted by molar-refractivity contribution is 4.89. The Bertz CT molecular complexity index is 148. The van der Waals surface area contributed by atoms with Crippen LogP contribution in [-0.2, 0) is 0 Å². The molecule has 0 aromatic heterocycles. The number of likely N-dealkylation sites (tertiary alicyclic amines) is 1. The first-order chi connectivity index (χ1) is 5.29. The van der Waals surface area contributed by atoms with E-state index in [9.17, 15) is 5.11 Å². The molecule has 0 spiro atoms. The molecule has 1 aliphatic carbocycles. The normalized spacial score (nSPS) is 45.8. The van der Waals surface area contributed by atoms with Crippen molar-refractivity contribution in [2.45, 2.75) is 44.4 Å². The Hall–Kier alpha value is -0.0800. The molecule has 2 fully saturated rings. The van der Waals surface area contributed by atoms with Crippen LogP contribution in [0.1, 0.15) is 32.1 Å². The minimum atomic E-state index is -0.150. The summed E-state index contributed by atoms with van der Waals surface area (Å²) in [6, 6.07) is 0.693. The first kappa shape index (κ1) is 7.56. The standard InChI is InChI=1S/C9H17NO/c1-10-8-5-3-2-4-7(8)6-9(10)11/h7-9,11H,2-6H2,1H3/t7-,8+,9?/m1/s1. The Morgan fingerprint density at radius 3 is 2.73 bits per heavy atom. The molecule has 2 nitrogen and oxygen atoms in total. The van der Waals surface area contributed by atoms with Crippen LogP contribution < -0.4 is 0 Å². The molecule has 1 heterocycles.